The highest BCUT2D eigenvalue weighted by molar-refractivity contribution is 5.86. The quantitative estimate of drug-likeness (QED) is 0.211. The van der Waals surface area contributed by atoms with E-state index in [1.54, 1.807) is 6.92 Å². The Hall–Kier alpha value is -0.870. The van der Waals surface area contributed by atoms with Gasteiger partial charge in [-0.2, -0.15) is 0 Å². The van der Waals surface area contributed by atoms with Crippen molar-refractivity contribution in [3.8, 4) is 0 Å². The number of hydrogen-bond acceptors (Lipinski definition) is 4. The first-order valence-corrected chi connectivity index (χ1v) is 5.46. The average molecular weight is 230 g/mol. The van der Waals surface area contributed by atoms with Crippen molar-refractivity contribution in [3.05, 3.63) is 12.2 Å². The standard InChI is InChI=1S/C12H22O4/c1-6-7-15-16-9-12(4,5)8-14-11(13)10(2)3/h2,6-9H2,1,3-5H3. The van der Waals surface area contributed by atoms with Crippen LogP contribution >= 0.6 is 0 Å². The Kier molecular flexibility index (Phi) is 7.01. The van der Waals surface area contributed by atoms with Crippen LogP contribution in [0.2, 0.25) is 0 Å². The second-order valence-corrected chi connectivity index (χ2v) is 4.60. The monoisotopic (exact) mass is 230 g/mol. The molecule has 0 radical (unpaired) electrons. The fraction of sp³-hybridized carbons (Fsp3) is 0.750. The second kappa shape index (κ2) is 7.41. The van der Waals surface area contributed by atoms with Gasteiger partial charge >= 0.3 is 5.97 Å². The first kappa shape index (κ1) is 15.1. The van der Waals surface area contributed by atoms with Gasteiger partial charge in [-0.25, -0.2) is 14.6 Å². The Morgan fingerprint density at radius 3 is 2.38 bits per heavy atom. The lowest BCUT2D eigenvalue weighted by Gasteiger charge is -2.23. The lowest BCUT2D eigenvalue weighted by Crippen LogP contribution is -2.27. The zero-order chi connectivity index (χ0) is 12.6. The first-order valence-electron chi connectivity index (χ1n) is 5.46. The maximum atomic E-state index is 11.2. The van der Waals surface area contributed by atoms with Gasteiger partial charge in [-0.1, -0.05) is 27.4 Å². The van der Waals surface area contributed by atoms with Crippen molar-refractivity contribution in [2.24, 2.45) is 5.41 Å². The van der Waals surface area contributed by atoms with Crippen molar-refractivity contribution in [1.29, 1.82) is 0 Å². The van der Waals surface area contributed by atoms with Crippen LogP contribution in [0.25, 0.3) is 0 Å². The van der Waals surface area contributed by atoms with Gasteiger partial charge in [0.1, 0.15) is 0 Å². The van der Waals surface area contributed by atoms with Gasteiger partial charge in [-0.15, -0.1) is 0 Å². The maximum absolute atomic E-state index is 11.2. The summed E-state index contributed by atoms with van der Waals surface area (Å²) < 4.78 is 5.05. The Morgan fingerprint density at radius 2 is 1.88 bits per heavy atom. The fourth-order valence-corrected chi connectivity index (χ4v) is 0.769. The molecule has 94 valence electrons. The van der Waals surface area contributed by atoms with E-state index in [2.05, 4.69) is 6.58 Å². The molecule has 0 aliphatic rings. The number of esters is 1. The van der Waals surface area contributed by atoms with Crippen molar-refractivity contribution in [2.45, 2.75) is 34.1 Å². The summed E-state index contributed by atoms with van der Waals surface area (Å²) in [6.07, 6.45) is 0.908. The minimum atomic E-state index is -0.373. The topological polar surface area (TPSA) is 44.8 Å². The Balaban J connectivity index is 3.77. The molecule has 0 amide bonds. The predicted octanol–water partition coefficient (Wildman–Crippen LogP) is 2.49. The van der Waals surface area contributed by atoms with E-state index in [0.717, 1.165) is 6.42 Å². The molecule has 0 saturated heterocycles. The maximum Gasteiger partial charge on any atom is 0.333 e. The molecular formula is C12H22O4. The third kappa shape index (κ3) is 7.43. The SMILES string of the molecule is C=C(C)C(=O)OCC(C)(C)COOCCC. The van der Waals surface area contributed by atoms with E-state index >= 15 is 0 Å². The summed E-state index contributed by atoms with van der Waals surface area (Å²) in [4.78, 5) is 21.1. The summed E-state index contributed by atoms with van der Waals surface area (Å²) in [5, 5.41) is 0. The zero-order valence-corrected chi connectivity index (χ0v) is 10.7. The molecule has 0 spiro atoms. The third-order valence-corrected chi connectivity index (χ3v) is 1.76. The number of carbonyl (C=O) groups excluding carboxylic acids is 1. The number of carbonyl (C=O) groups is 1. The van der Waals surface area contributed by atoms with E-state index in [1.165, 1.54) is 0 Å². The van der Waals surface area contributed by atoms with Crippen LogP contribution in [0.15, 0.2) is 12.2 Å². The summed E-state index contributed by atoms with van der Waals surface area (Å²) in [5.41, 5.74) is 0.137. The van der Waals surface area contributed by atoms with Crippen molar-refractivity contribution < 1.29 is 19.3 Å². The van der Waals surface area contributed by atoms with Gasteiger partial charge in [0.2, 0.25) is 0 Å². The van der Waals surface area contributed by atoms with Crippen LogP contribution in [0.4, 0.5) is 0 Å². The van der Waals surface area contributed by atoms with E-state index < -0.39 is 0 Å². The van der Waals surface area contributed by atoms with E-state index in [9.17, 15) is 4.79 Å². The van der Waals surface area contributed by atoms with Gasteiger partial charge in [0.25, 0.3) is 0 Å². The molecule has 0 atom stereocenters. The Morgan fingerprint density at radius 1 is 1.25 bits per heavy atom. The molecule has 0 N–H and O–H groups in total. The minimum Gasteiger partial charge on any atom is -0.462 e. The predicted molar refractivity (Wildman–Crippen MR) is 61.7 cm³/mol. The molecule has 0 heterocycles. The summed E-state index contributed by atoms with van der Waals surface area (Å²) >= 11 is 0. The molecule has 0 saturated carbocycles. The molecule has 4 nitrogen and oxygen atoms in total. The molecule has 16 heavy (non-hydrogen) atoms. The van der Waals surface area contributed by atoms with Gasteiger partial charge in [-0.05, 0) is 13.3 Å². The zero-order valence-electron chi connectivity index (χ0n) is 10.7. The number of ether oxygens (including phenoxy) is 1. The van der Waals surface area contributed by atoms with Crippen LogP contribution in [-0.4, -0.2) is 25.8 Å². The molecule has 0 unspecified atom stereocenters. The normalized spacial score (nSPS) is 11.2. The second-order valence-electron chi connectivity index (χ2n) is 4.60. The molecule has 0 aliphatic heterocycles. The first-order chi connectivity index (χ1) is 7.39. The molecule has 0 bridgehead atoms. The van der Waals surface area contributed by atoms with Gasteiger partial charge in [0.05, 0.1) is 19.8 Å². The van der Waals surface area contributed by atoms with Crippen molar-refractivity contribution in [3.63, 3.8) is 0 Å². The van der Waals surface area contributed by atoms with E-state index in [4.69, 9.17) is 14.5 Å². The van der Waals surface area contributed by atoms with E-state index in [1.807, 2.05) is 20.8 Å². The van der Waals surface area contributed by atoms with E-state index in [0.29, 0.717) is 18.8 Å². The smallest absolute Gasteiger partial charge is 0.333 e. The van der Waals surface area contributed by atoms with Crippen LogP contribution in [-0.2, 0) is 19.3 Å². The van der Waals surface area contributed by atoms with Gasteiger partial charge in [0, 0.05) is 11.0 Å². The van der Waals surface area contributed by atoms with Crippen LogP contribution < -0.4 is 0 Å². The molecule has 0 aliphatic carbocycles. The van der Waals surface area contributed by atoms with Crippen molar-refractivity contribution in [1.82, 2.24) is 0 Å². The molecule has 0 aromatic rings. The highest BCUT2D eigenvalue weighted by atomic mass is 17.2. The summed E-state index contributed by atoms with van der Waals surface area (Å²) in [6.45, 7) is 12.3. The molecule has 0 aromatic carbocycles. The van der Waals surface area contributed by atoms with Crippen LogP contribution in [0.5, 0.6) is 0 Å². The molecule has 0 fully saturated rings. The minimum absolute atomic E-state index is 0.265. The number of rotatable bonds is 8. The van der Waals surface area contributed by atoms with E-state index in [-0.39, 0.29) is 18.0 Å². The highest BCUT2D eigenvalue weighted by Gasteiger charge is 2.21. The fourth-order valence-electron chi connectivity index (χ4n) is 0.769. The van der Waals surface area contributed by atoms with Gasteiger partial charge < -0.3 is 4.74 Å². The van der Waals surface area contributed by atoms with Crippen molar-refractivity contribution >= 4 is 5.97 Å². The third-order valence-electron chi connectivity index (χ3n) is 1.76. The average Bonchev–Trinajstić information content (AvgIpc) is 2.21. The lowest BCUT2D eigenvalue weighted by atomic mass is 9.96. The molecule has 0 rings (SSSR count). The summed E-state index contributed by atoms with van der Waals surface area (Å²) in [6, 6.07) is 0. The van der Waals surface area contributed by atoms with Crippen LogP contribution in [0.3, 0.4) is 0 Å². The molecule has 4 heteroatoms. The highest BCUT2D eigenvalue weighted by Crippen LogP contribution is 2.16. The van der Waals surface area contributed by atoms with Crippen LogP contribution in [0, 0.1) is 5.41 Å². The van der Waals surface area contributed by atoms with Crippen molar-refractivity contribution in [2.75, 3.05) is 19.8 Å². The lowest BCUT2D eigenvalue weighted by molar-refractivity contribution is -0.309. The Labute approximate surface area is 97.5 Å². The summed E-state index contributed by atoms with van der Waals surface area (Å²) in [5.74, 6) is -0.373. The van der Waals surface area contributed by atoms with Gasteiger partial charge in [0.15, 0.2) is 0 Å². The largest absolute Gasteiger partial charge is 0.462 e. The molecular weight excluding hydrogens is 208 g/mol. The summed E-state index contributed by atoms with van der Waals surface area (Å²) in [7, 11) is 0. The molecule has 0 aromatic heterocycles. The number of hydrogen-bond donors (Lipinski definition) is 0. The Bertz CT molecular complexity index is 233. The van der Waals surface area contributed by atoms with Gasteiger partial charge in [-0.3, -0.25) is 0 Å². The van der Waals surface area contributed by atoms with Crippen LogP contribution in [0.1, 0.15) is 34.1 Å².